The molecule has 0 radical (unpaired) electrons. The van der Waals surface area contributed by atoms with E-state index in [1.165, 1.54) is 11.1 Å². The number of aryl methyl sites for hydroxylation is 1. The molecule has 1 aliphatic heterocycles. The summed E-state index contributed by atoms with van der Waals surface area (Å²) in [5.41, 5.74) is 4.15. The summed E-state index contributed by atoms with van der Waals surface area (Å²) in [5.74, 6) is -0.331. The van der Waals surface area contributed by atoms with Crippen LogP contribution in [-0.2, 0) is 35.8 Å². The average Bonchev–Trinajstić information content (AvgIpc) is 3.29. The summed E-state index contributed by atoms with van der Waals surface area (Å²) >= 11 is 6.46. The van der Waals surface area contributed by atoms with E-state index in [1.54, 1.807) is 26.2 Å². The first kappa shape index (κ1) is 38.8. The highest BCUT2D eigenvalue weighted by Gasteiger charge is 2.44. The summed E-state index contributed by atoms with van der Waals surface area (Å²) in [6.07, 6.45) is 9.15. The minimum atomic E-state index is -3.30. The van der Waals surface area contributed by atoms with Crippen molar-refractivity contribution in [3.63, 3.8) is 0 Å². The number of hydrogen-bond donors (Lipinski definition) is 0. The molecule has 0 aromatic heterocycles. The zero-order valence-electron chi connectivity index (χ0n) is 30.8. The molecule has 1 fully saturated rings. The Bertz CT molecular complexity index is 1940. The minimum absolute atomic E-state index is 0.0359. The third kappa shape index (κ3) is 8.90. The molecule has 1 heterocycles. The van der Waals surface area contributed by atoms with Gasteiger partial charge in [-0.3, -0.25) is 9.59 Å². The molecule has 6 rings (SSSR count). The van der Waals surface area contributed by atoms with Gasteiger partial charge in [0, 0.05) is 42.0 Å². The number of ether oxygens (including phenoxy) is 3. The maximum Gasteiger partial charge on any atom is 0.320 e. The van der Waals surface area contributed by atoms with E-state index in [4.69, 9.17) is 25.8 Å². The molecular formula is C43H51ClN2O6S. The van der Waals surface area contributed by atoms with Crippen LogP contribution in [0.5, 0.6) is 5.75 Å². The number of rotatable bonds is 14. The Balaban J connectivity index is 1.32. The third-order valence-corrected chi connectivity index (χ3v) is 13.5. The fraction of sp³-hybridized carbons (Fsp3) is 0.442. The van der Waals surface area contributed by atoms with E-state index < -0.39 is 33.5 Å². The Morgan fingerprint density at radius 2 is 1.94 bits per heavy atom. The Labute approximate surface area is 319 Å². The number of halogens is 1. The Morgan fingerprint density at radius 3 is 2.66 bits per heavy atom. The molecule has 0 N–H and O–H groups in total. The number of carbonyl (C=O) groups excluding carboxylic acids is 2. The number of methoxy groups -OCH3 is 1. The van der Waals surface area contributed by atoms with Gasteiger partial charge in [0.05, 0.1) is 28.1 Å². The van der Waals surface area contributed by atoms with Gasteiger partial charge in [0.1, 0.15) is 17.6 Å². The van der Waals surface area contributed by atoms with E-state index in [9.17, 15) is 13.8 Å². The summed E-state index contributed by atoms with van der Waals surface area (Å²) in [4.78, 5) is 29.5. The van der Waals surface area contributed by atoms with E-state index in [1.807, 2.05) is 54.6 Å². The molecule has 1 spiro atoms. The normalized spacial score (nSPS) is 22.7. The fourth-order valence-electron chi connectivity index (χ4n) is 8.24. The molecule has 282 valence electrons. The van der Waals surface area contributed by atoms with E-state index in [-0.39, 0.29) is 22.8 Å². The van der Waals surface area contributed by atoms with Crippen LogP contribution in [0.1, 0.15) is 78.6 Å². The molecule has 1 saturated carbocycles. The molecule has 3 aromatic rings. The lowest BCUT2D eigenvalue weighted by Gasteiger charge is -2.46. The van der Waals surface area contributed by atoms with Crippen LogP contribution >= 0.6 is 11.6 Å². The van der Waals surface area contributed by atoms with Crippen LogP contribution < -0.4 is 9.64 Å². The molecule has 8 nitrogen and oxygen atoms in total. The second kappa shape index (κ2) is 17.0. The highest BCUT2D eigenvalue weighted by Crippen LogP contribution is 2.47. The number of amides is 1. The van der Waals surface area contributed by atoms with Gasteiger partial charge in [0.25, 0.3) is 5.91 Å². The van der Waals surface area contributed by atoms with Crippen LogP contribution in [0, 0.1) is 11.8 Å². The number of fused-ring (bicyclic) bond motifs is 3. The third-order valence-electron chi connectivity index (χ3n) is 11.2. The molecule has 1 amide bonds. The van der Waals surface area contributed by atoms with Crippen molar-refractivity contribution < 1.29 is 28.0 Å². The van der Waals surface area contributed by atoms with Gasteiger partial charge >= 0.3 is 5.97 Å². The van der Waals surface area contributed by atoms with E-state index in [0.29, 0.717) is 43.6 Å². The van der Waals surface area contributed by atoms with Crippen LogP contribution in [0.4, 0.5) is 5.69 Å². The highest BCUT2D eigenvalue weighted by atomic mass is 35.5. The van der Waals surface area contributed by atoms with Crippen molar-refractivity contribution in [2.45, 2.75) is 69.5 Å². The van der Waals surface area contributed by atoms with Gasteiger partial charge in [-0.1, -0.05) is 60.2 Å². The van der Waals surface area contributed by atoms with Crippen molar-refractivity contribution in [1.82, 2.24) is 0 Å². The van der Waals surface area contributed by atoms with Gasteiger partial charge in [-0.05, 0) is 111 Å². The number of carbonyl (C=O) groups is 2. The molecule has 3 aromatic carbocycles. The number of allylic oxidation sites excluding steroid dienone is 1. The van der Waals surface area contributed by atoms with Crippen molar-refractivity contribution in [3.05, 3.63) is 119 Å². The molecule has 0 unspecified atom stereocenters. The topological polar surface area (TPSA) is 94.5 Å². The Hall–Kier alpha value is -3.92. The minimum Gasteiger partial charge on any atom is -0.490 e. The number of hydrogen-bond acceptors (Lipinski definition) is 7. The van der Waals surface area contributed by atoms with Crippen LogP contribution in [0.15, 0.2) is 96.4 Å². The largest absolute Gasteiger partial charge is 0.490 e. The molecule has 2 aliphatic carbocycles. The number of esters is 1. The van der Waals surface area contributed by atoms with Crippen LogP contribution in [0.3, 0.4) is 0 Å². The van der Waals surface area contributed by atoms with E-state index >= 15 is 0 Å². The summed E-state index contributed by atoms with van der Waals surface area (Å²) in [5, 5.41) is 0.731. The predicted molar refractivity (Wildman–Crippen MR) is 212 cm³/mol. The lowest BCUT2D eigenvalue weighted by atomic mass is 9.68. The smallest absolute Gasteiger partial charge is 0.320 e. The average molecular weight is 759 g/mol. The van der Waals surface area contributed by atoms with E-state index in [2.05, 4.69) is 34.6 Å². The predicted octanol–water partition coefficient (Wildman–Crippen LogP) is 8.92. The van der Waals surface area contributed by atoms with E-state index in [0.717, 1.165) is 54.9 Å². The van der Waals surface area contributed by atoms with Crippen LogP contribution in [-0.4, -0.2) is 60.5 Å². The van der Waals surface area contributed by atoms with Crippen molar-refractivity contribution in [2.75, 3.05) is 43.2 Å². The standard InChI is InChI=1S/C43H51ClN2O6S/c1-5-7-11-23-53(49,27-41(47)52-30(3)31-13-9-8-10-14-31)45-42(48)33-17-21-40-38(25-33)46(26-34-16-19-36(34)39(6-2)50-4)28-43(29-51-40)22-12-15-32-24-35(44)18-20-37(32)43/h5-6,8-10,13-14,17-18,20-21,24-25,30,34,36,39H,1-2,7,11-12,15-16,19,22-23,26-29H2,3-4H3/t30-,34-,36+,39-,43-,53+/m0/s1. The first-order valence-corrected chi connectivity index (χ1v) is 20.9. The van der Waals surface area contributed by atoms with Gasteiger partial charge in [-0.2, -0.15) is 4.36 Å². The van der Waals surface area contributed by atoms with Crippen molar-refractivity contribution >= 4 is 38.9 Å². The second-order valence-electron chi connectivity index (χ2n) is 14.7. The molecule has 0 bridgehead atoms. The summed E-state index contributed by atoms with van der Waals surface area (Å²) < 4.78 is 36.7. The van der Waals surface area contributed by atoms with Crippen molar-refractivity contribution in [1.29, 1.82) is 0 Å². The van der Waals surface area contributed by atoms with Gasteiger partial charge in [-0.15, -0.1) is 13.2 Å². The number of anilines is 1. The molecule has 53 heavy (non-hydrogen) atoms. The van der Waals surface area contributed by atoms with Crippen molar-refractivity contribution in [3.8, 4) is 5.75 Å². The van der Waals surface area contributed by atoms with Crippen LogP contribution in [0.25, 0.3) is 0 Å². The van der Waals surface area contributed by atoms with Gasteiger partial charge in [0.15, 0.2) is 0 Å². The molecule has 6 atom stereocenters. The quantitative estimate of drug-likeness (QED) is 0.0921. The van der Waals surface area contributed by atoms with Crippen molar-refractivity contribution in [2.24, 2.45) is 16.2 Å². The number of benzene rings is 3. The zero-order valence-corrected chi connectivity index (χ0v) is 32.4. The Kier molecular flexibility index (Phi) is 12.5. The highest BCUT2D eigenvalue weighted by molar-refractivity contribution is 7.94. The second-order valence-corrected chi connectivity index (χ2v) is 17.6. The fourth-order valence-corrected chi connectivity index (χ4v) is 10.2. The first-order valence-electron chi connectivity index (χ1n) is 18.7. The lowest BCUT2D eigenvalue weighted by Crippen LogP contribution is -2.49. The Morgan fingerprint density at radius 1 is 1.13 bits per heavy atom. The van der Waals surface area contributed by atoms with Crippen LogP contribution in [0.2, 0.25) is 5.02 Å². The summed E-state index contributed by atoms with van der Waals surface area (Å²) in [6, 6.07) is 20.9. The van der Waals surface area contributed by atoms with Gasteiger partial charge in [0.2, 0.25) is 0 Å². The molecular weight excluding hydrogens is 708 g/mol. The molecule has 3 aliphatic rings. The van der Waals surface area contributed by atoms with Gasteiger partial charge < -0.3 is 19.1 Å². The number of unbranched alkanes of at least 4 members (excludes halogenated alkanes) is 1. The SMILES string of the molecule is C=CCCC[S@@](=O)(CC(=O)O[C@@H](C)c1ccccc1)=NC(=O)c1ccc2c(c1)N(C[C@@H]1CC[C@H]1[C@H](C=C)OC)C[C@@]1(CCCc3cc(Cl)ccc31)CO2. The number of nitrogens with zero attached hydrogens (tertiary/aromatic N) is 2. The lowest BCUT2D eigenvalue weighted by molar-refractivity contribution is -0.145. The zero-order chi connectivity index (χ0) is 37.6. The maximum atomic E-state index is 14.3. The molecule has 0 saturated heterocycles. The molecule has 10 heteroatoms. The van der Waals surface area contributed by atoms with Gasteiger partial charge in [-0.25, -0.2) is 4.21 Å². The first-order chi connectivity index (χ1) is 25.6. The monoisotopic (exact) mass is 758 g/mol. The summed E-state index contributed by atoms with van der Waals surface area (Å²) in [7, 11) is -1.57. The maximum absolute atomic E-state index is 14.3. The summed E-state index contributed by atoms with van der Waals surface area (Å²) in [6.45, 7) is 11.5.